The van der Waals surface area contributed by atoms with Gasteiger partial charge in [-0.1, -0.05) is 43.2 Å². The van der Waals surface area contributed by atoms with E-state index in [1.807, 2.05) is 30.3 Å². The Bertz CT molecular complexity index is 573. The lowest BCUT2D eigenvalue weighted by Crippen LogP contribution is -2.43. The molecule has 0 radical (unpaired) electrons. The van der Waals surface area contributed by atoms with Crippen LogP contribution >= 0.6 is 0 Å². The SMILES string of the molecule is O=C(CNC(=O)OCc1ccccc1)N[C@@H]1CCN(C2CCCC2)C1. The number of rotatable bonds is 6. The number of benzene rings is 1. The predicted molar refractivity (Wildman–Crippen MR) is 95.0 cm³/mol. The molecule has 0 unspecified atom stereocenters. The molecule has 0 spiro atoms. The number of likely N-dealkylation sites (tertiary alicyclic amines) is 1. The lowest BCUT2D eigenvalue weighted by Gasteiger charge is -2.23. The van der Waals surface area contributed by atoms with Crippen molar-refractivity contribution in [1.82, 2.24) is 15.5 Å². The minimum atomic E-state index is -0.571. The van der Waals surface area contributed by atoms with Gasteiger partial charge in [-0.3, -0.25) is 9.69 Å². The lowest BCUT2D eigenvalue weighted by molar-refractivity contribution is -0.120. The second-order valence-electron chi connectivity index (χ2n) is 6.90. The van der Waals surface area contributed by atoms with Crippen molar-refractivity contribution < 1.29 is 14.3 Å². The Morgan fingerprint density at radius 1 is 1.12 bits per heavy atom. The maximum absolute atomic E-state index is 12.0. The van der Waals surface area contributed by atoms with Crippen LogP contribution in [0.3, 0.4) is 0 Å². The van der Waals surface area contributed by atoms with Crippen molar-refractivity contribution in [3.05, 3.63) is 35.9 Å². The minimum Gasteiger partial charge on any atom is -0.445 e. The van der Waals surface area contributed by atoms with Crippen molar-refractivity contribution in [1.29, 1.82) is 0 Å². The van der Waals surface area contributed by atoms with E-state index in [1.54, 1.807) is 0 Å². The standard InChI is InChI=1S/C19H27N3O3/c23-18(12-20-19(24)25-14-15-6-2-1-3-7-15)21-16-10-11-22(13-16)17-8-4-5-9-17/h1-3,6-7,16-17H,4-5,8-14H2,(H,20,24)(H,21,23)/t16-/m1/s1. The number of hydrogen-bond donors (Lipinski definition) is 2. The van der Waals surface area contributed by atoms with Gasteiger partial charge < -0.3 is 15.4 Å². The molecule has 1 aromatic carbocycles. The van der Waals surface area contributed by atoms with E-state index in [2.05, 4.69) is 15.5 Å². The van der Waals surface area contributed by atoms with Crippen LogP contribution in [0, 0.1) is 0 Å². The summed E-state index contributed by atoms with van der Waals surface area (Å²) in [4.78, 5) is 26.2. The van der Waals surface area contributed by atoms with Gasteiger partial charge in [0.15, 0.2) is 0 Å². The van der Waals surface area contributed by atoms with Crippen LogP contribution in [0.2, 0.25) is 0 Å². The maximum atomic E-state index is 12.0. The summed E-state index contributed by atoms with van der Waals surface area (Å²) in [5.41, 5.74) is 0.917. The van der Waals surface area contributed by atoms with E-state index >= 15 is 0 Å². The topological polar surface area (TPSA) is 70.7 Å². The molecule has 3 rings (SSSR count). The third-order valence-corrected chi connectivity index (χ3v) is 5.03. The van der Waals surface area contributed by atoms with Gasteiger partial charge in [0.2, 0.25) is 5.91 Å². The minimum absolute atomic E-state index is 0.0481. The van der Waals surface area contributed by atoms with Gasteiger partial charge in [0, 0.05) is 25.2 Å². The van der Waals surface area contributed by atoms with E-state index in [0.717, 1.165) is 25.1 Å². The Labute approximate surface area is 148 Å². The molecule has 1 saturated heterocycles. The third kappa shape index (κ3) is 5.46. The molecule has 1 aliphatic heterocycles. The Morgan fingerprint density at radius 3 is 2.64 bits per heavy atom. The van der Waals surface area contributed by atoms with Gasteiger partial charge in [-0.2, -0.15) is 0 Å². The van der Waals surface area contributed by atoms with Crippen LogP contribution < -0.4 is 10.6 Å². The fourth-order valence-electron chi connectivity index (χ4n) is 3.71. The van der Waals surface area contributed by atoms with Gasteiger partial charge in [0.05, 0.1) is 0 Å². The van der Waals surface area contributed by atoms with Gasteiger partial charge in [-0.15, -0.1) is 0 Å². The summed E-state index contributed by atoms with van der Waals surface area (Å²) in [5, 5.41) is 5.52. The molecular formula is C19H27N3O3. The van der Waals surface area contributed by atoms with Crippen LogP contribution in [0.25, 0.3) is 0 Å². The van der Waals surface area contributed by atoms with E-state index in [4.69, 9.17) is 4.74 Å². The van der Waals surface area contributed by atoms with Crippen molar-refractivity contribution in [2.45, 2.75) is 50.8 Å². The number of nitrogens with one attached hydrogen (secondary N) is 2. The molecule has 6 heteroatoms. The van der Waals surface area contributed by atoms with Gasteiger partial charge in [-0.25, -0.2) is 4.79 Å². The summed E-state index contributed by atoms with van der Waals surface area (Å²) in [5.74, 6) is -0.157. The molecule has 25 heavy (non-hydrogen) atoms. The first kappa shape index (κ1) is 17.7. The van der Waals surface area contributed by atoms with Crippen molar-refractivity contribution in [2.24, 2.45) is 0 Å². The molecule has 1 aromatic rings. The van der Waals surface area contributed by atoms with Crippen LogP contribution in [0.4, 0.5) is 4.79 Å². The number of amides is 2. The number of carbonyl (C=O) groups excluding carboxylic acids is 2. The molecule has 2 aliphatic rings. The molecule has 1 saturated carbocycles. The second kappa shape index (κ2) is 8.85. The van der Waals surface area contributed by atoms with E-state index in [0.29, 0.717) is 6.04 Å². The smallest absolute Gasteiger partial charge is 0.407 e. The molecule has 2 fully saturated rings. The molecular weight excluding hydrogens is 318 g/mol. The molecule has 1 heterocycles. The van der Waals surface area contributed by atoms with Crippen LogP contribution in [0.1, 0.15) is 37.7 Å². The van der Waals surface area contributed by atoms with Crippen LogP contribution in [-0.4, -0.2) is 48.6 Å². The summed E-state index contributed by atoms with van der Waals surface area (Å²) >= 11 is 0. The molecule has 0 bridgehead atoms. The number of nitrogens with zero attached hydrogens (tertiary/aromatic N) is 1. The Balaban J connectivity index is 1.30. The Kier molecular flexibility index (Phi) is 6.28. The van der Waals surface area contributed by atoms with Crippen molar-refractivity contribution in [3.8, 4) is 0 Å². The van der Waals surface area contributed by atoms with Gasteiger partial charge >= 0.3 is 6.09 Å². The van der Waals surface area contributed by atoms with E-state index in [1.165, 1.54) is 25.7 Å². The number of ether oxygens (including phenoxy) is 1. The Hall–Kier alpha value is -2.08. The van der Waals surface area contributed by atoms with Gasteiger partial charge in [-0.05, 0) is 24.8 Å². The van der Waals surface area contributed by atoms with Crippen molar-refractivity contribution in [3.63, 3.8) is 0 Å². The van der Waals surface area contributed by atoms with E-state index < -0.39 is 6.09 Å². The number of carbonyl (C=O) groups is 2. The molecule has 1 atom stereocenters. The summed E-state index contributed by atoms with van der Waals surface area (Å²) in [6.07, 6.45) is 5.64. The average Bonchev–Trinajstić information content (AvgIpc) is 3.30. The summed E-state index contributed by atoms with van der Waals surface area (Å²) in [7, 11) is 0. The maximum Gasteiger partial charge on any atom is 0.407 e. The zero-order chi connectivity index (χ0) is 17.5. The summed E-state index contributed by atoms with van der Waals surface area (Å²) in [6, 6.07) is 10.3. The largest absolute Gasteiger partial charge is 0.445 e. The van der Waals surface area contributed by atoms with Crippen LogP contribution in [0.5, 0.6) is 0 Å². The van der Waals surface area contributed by atoms with Gasteiger partial charge in [0.25, 0.3) is 0 Å². The fourth-order valence-corrected chi connectivity index (χ4v) is 3.71. The first-order valence-corrected chi connectivity index (χ1v) is 9.18. The molecule has 6 nitrogen and oxygen atoms in total. The second-order valence-corrected chi connectivity index (χ2v) is 6.90. The first-order chi connectivity index (χ1) is 12.2. The molecule has 0 aromatic heterocycles. The Morgan fingerprint density at radius 2 is 1.88 bits per heavy atom. The monoisotopic (exact) mass is 345 g/mol. The predicted octanol–water partition coefficient (Wildman–Crippen LogP) is 2.05. The van der Waals surface area contributed by atoms with E-state index in [-0.39, 0.29) is 25.1 Å². The molecule has 136 valence electrons. The van der Waals surface area contributed by atoms with Crippen LogP contribution in [-0.2, 0) is 16.1 Å². The quantitative estimate of drug-likeness (QED) is 0.828. The van der Waals surface area contributed by atoms with Crippen molar-refractivity contribution in [2.75, 3.05) is 19.6 Å². The van der Waals surface area contributed by atoms with Crippen LogP contribution in [0.15, 0.2) is 30.3 Å². The highest BCUT2D eigenvalue weighted by Crippen LogP contribution is 2.26. The molecule has 2 amide bonds. The van der Waals surface area contributed by atoms with Crippen molar-refractivity contribution >= 4 is 12.0 Å². The summed E-state index contributed by atoms with van der Waals surface area (Å²) < 4.78 is 5.09. The first-order valence-electron chi connectivity index (χ1n) is 9.18. The average molecular weight is 345 g/mol. The van der Waals surface area contributed by atoms with E-state index in [9.17, 15) is 9.59 Å². The highest BCUT2D eigenvalue weighted by atomic mass is 16.5. The molecule has 1 aliphatic carbocycles. The van der Waals surface area contributed by atoms with Gasteiger partial charge in [0.1, 0.15) is 13.2 Å². The highest BCUT2D eigenvalue weighted by Gasteiger charge is 2.30. The number of alkyl carbamates (subject to hydrolysis) is 1. The molecule has 2 N–H and O–H groups in total. The fraction of sp³-hybridized carbons (Fsp3) is 0.579. The zero-order valence-corrected chi connectivity index (χ0v) is 14.6. The summed E-state index contributed by atoms with van der Waals surface area (Å²) in [6.45, 7) is 2.14. The third-order valence-electron chi connectivity index (χ3n) is 5.03. The number of hydrogen-bond acceptors (Lipinski definition) is 4. The highest BCUT2D eigenvalue weighted by molar-refractivity contribution is 5.82. The lowest BCUT2D eigenvalue weighted by atomic mass is 10.2. The normalized spacial score (nSPS) is 21.2. The zero-order valence-electron chi connectivity index (χ0n) is 14.6.